The van der Waals surface area contributed by atoms with Gasteiger partial charge in [-0.25, -0.2) is 0 Å². The van der Waals surface area contributed by atoms with Gasteiger partial charge in [0.15, 0.2) is 0 Å². The molecule has 2 rings (SSSR count). The maximum absolute atomic E-state index is 5.96. The Morgan fingerprint density at radius 1 is 1.40 bits per heavy atom. The first-order valence-corrected chi connectivity index (χ1v) is 8.28. The third-order valence-electron chi connectivity index (χ3n) is 4.74. The van der Waals surface area contributed by atoms with Gasteiger partial charge in [0, 0.05) is 23.6 Å². The lowest BCUT2D eigenvalue weighted by atomic mass is 9.69. The maximum atomic E-state index is 5.96. The van der Waals surface area contributed by atoms with Crippen LogP contribution in [0.5, 0.6) is 0 Å². The highest BCUT2D eigenvalue weighted by Gasteiger charge is 2.48. The average molecular weight is 275 g/mol. The monoisotopic (exact) mass is 275 g/mol. The van der Waals surface area contributed by atoms with Crippen LogP contribution in [0.2, 0.25) is 0 Å². The fourth-order valence-electron chi connectivity index (χ4n) is 3.87. The number of nitrogens with zero attached hydrogens (tertiary/aromatic N) is 1. The van der Waals surface area contributed by atoms with E-state index in [-0.39, 0.29) is 5.41 Å². The van der Waals surface area contributed by atoms with Gasteiger partial charge in [-0.2, -0.15) is 0 Å². The lowest BCUT2D eigenvalue weighted by molar-refractivity contribution is 0.148. The molecule has 0 radical (unpaired) electrons. The lowest BCUT2D eigenvalue weighted by Gasteiger charge is -2.35. The van der Waals surface area contributed by atoms with Crippen molar-refractivity contribution in [2.75, 3.05) is 13.2 Å². The standard InChI is InChI=1S/C18H29NO/c1-4-11-18-12-9-7-8-10-15(18)16(20-6-3)14-17(18)19-13-5-2/h4,14-15H,1,5-13H2,2-3H3/t15-,18-/m0/s1. The second-order valence-electron chi connectivity index (χ2n) is 6.05. The summed E-state index contributed by atoms with van der Waals surface area (Å²) in [6, 6.07) is 0. The molecule has 0 aromatic rings. The molecule has 2 aliphatic rings. The number of aliphatic imine (C=N–C) groups is 1. The molecule has 0 aliphatic heterocycles. The number of allylic oxidation sites excluding steroid dienone is 3. The molecule has 112 valence electrons. The summed E-state index contributed by atoms with van der Waals surface area (Å²) in [5.41, 5.74) is 1.47. The van der Waals surface area contributed by atoms with E-state index < -0.39 is 0 Å². The van der Waals surface area contributed by atoms with Gasteiger partial charge in [-0.1, -0.05) is 32.3 Å². The van der Waals surface area contributed by atoms with E-state index in [2.05, 4.69) is 32.6 Å². The predicted molar refractivity (Wildman–Crippen MR) is 86.1 cm³/mol. The first-order chi connectivity index (χ1) is 9.78. The molecule has 0 heterocycles. The minimum Gasteiger partial charge on any atom is -0.498 e. The van der Waals surface area contributed by atoms with Crippen LogP contribution in [0.1, 0.15) is 58.8 Å². The Morgan fingerprint density at radius 2 is 2.25 bits per heavy atom. The molecule has 0 aromatic heterocycles. The summed E-state index contributed by atoms with van der Waals surface area (Å²) < 4.78 is 5.96. The molecule has 1 fully saturated rings. The van der Waals surface area contributed by atoms with Gasteiger partial charge in [-0.05, 0) is 38.7 Å². The fourth-order valence-corrected chi connectivity index (χ4v) is 3.87. The fraction of sp³-hybridized carbons (Fsp3) is 0.722. The predicted octanol–water partition coefficient (Wildman–Crippen LogP) is 4.91. The van der Waals surface area contributed by atoms with E-state index >= 15 is 0 Å². The van der Waals surface area contributed by atoms with Gasteiger partial charge in [0.2, 0.25) is 0 Å². The minimum atomic E-state index is 0.178. The van der Waals surface area contributed by atoms with Crippen molar-refractivity contribution in [1.29, 1.82) is 0 Å². The van der Waals surface area contributed by atoms with E-state index in [9.17, 15) is 0 Å². The van der Waals surface area contributed by atoms with Crippen molar-refractivity contribution in [3.8, 4) is 0 Å². The maximum Gasteiger partial charge on any atom is 0.102 e. The summed E-state index contributed by atoms with van der Waals surface area (Å²) in [6.45, 7) is 9.96. The van der Waals surface area contributed by atoms with E-state index in [1.807, 2.05) is 0 Å². The van der Waals surface area contributed by atoms with Gasteiger partial charge in [-0.15, -0.1) is 6.58 Å². The first kappa shape index (κ1) is 15.3. The summed E-state index contributed by atoms with van der Waals surface area (Å²) in [6.07, 6.45) is 12.9. The van der Waals surface area contributed by atoms with Crippen LogP contribution in [-0.4, -0.2) is 18.9 Å². The normalized spacial score (nSPS) is 31.6. The van der Waals surface area contributed by atoms with Crippen LogP contribution in [0, 0.1) is 11.3 Å². The molecule has 2 nitrogen and oxygen atoms in total. The molecule has 1 saturated carbocycles. The third-order valence-corrected chi connectivity index (χ3v) is 4.74. The Balaban J connectivity index is 2.37. The van der Waals surface area contributed by atoms with E-state index in [0.29, 0.717) is 5.92 Å². The molecule has 0 aromatic carbocycles. The van der Waals surface area contributed by atoms with Crippen molar-refractivity contribution >= 4 is 5.71 Å². The molecule has 0 unspecified atom stereocenters. The van der Waals surface area contributed by atoms with Gasteiger partial charge in [-0.3, -0.25) is 4.99 Å². The highest BCUT2D eigenvalue weighted by atomic mass is 16.5. The molecular weight excluding hydrogens is 246 g/mol. The number of hydrogen-bond acceptors (Lipinski definition) is 2. The van der Waals surface area contributed by atoms with Crippen LogP contribution >= 0.6 is 0 Å². The average Bonchev–Trinajstić information content (AvgIpc) is 2.61. The summed E-state index contributed by atoms with van der Waals surface area (Å²) in [5.74, 6) is 1.71. The van der Waals surface area contributed by atoms with Crippen LogP contribution in [0.3, 0.4) is 0 Å². The topological polar surface area (TPSA) is 21.6 Å². The summed E-state index contributed by atoms with van der Waals surface area (Å²) in [5, 5.41) is 0. The van der Waals surface area contributed by atoms with Crippen molar-refractivity contribution in [3.63, 3.8) is 0 Å². The Bertz CT molecular complexity index is 396. The third kappa shape index (κ3) is 2.84. The Labute approximate surface area is 124 Å². The largest absolute Gasteiger partial charge is 0.498 e. The lowest BCUT2D eigenvalue weighted by Crippen LogP contribution is -2.33. The molecule has 0 amide bonds. The smallest absolute Gasteiger partial charge is 0.102 e. The molecule has 2 heteroatoms. The van der Waals surface area contributed by atoms with Gasteiger partial charge in [0.05, 0.1) is 6.61 Å². The van der Waals surface area contributed by atoms with E-state index in [1.54, 1.807) is 0 Å². The molecule has 0 N–H and O–H groups in total. The number of hydrogen-bond donors (Lipinski definition) is 0. The van der Waals surface area contributed by atoms with Crippen LogP contribution in [0.15, 0.2) is 29.5 Å². The highest BCUT2D eigenvalue weighted by Crippen LogP contribution is 2.52. The van der Waals surface area contributed by atoms with Gasteiger partial charge >= 0.3 is 0 Å². The van der Waals surface area contributed by atoms with Crippen LogP contribution in [0.25, 0.3) is 0 Å². The van der Waals surface area contributed by atoms with Crippen LogP contribution in [-0.2, 0) is 4.74 Å². The quantitative estimate of drug-likeness (QED) is 0.631. The Morgan fingerprint density at radius 3 is 2.95 bits per heavy atom. The van der Waals surface area contributed by atoms with Crippen molar-refractivity contribution in [2.24, 2.45) is 16.3 Å². The van der Waals surface area contributed by atoms with E-state index in [0.717, 1.165) is 26.0 Å². The number of fused-ring (bicyclic) bond motifs is 1. The highest BCUT2D eigenvalue weighted by molar-refractivity contribution is 6.03. The van der Waals surface area contributed by atoms with E-state index in [4.69, 9.17) is 9.73 Å². The second-order valence-corrected chi connectivity index (χ2v) is 6.05. The van der Waals surface area contributed by atoms with Crippen molar-refractivity contribution in [1.82, 2.24) is 0 Å². The zero-order chi connectivity index (χ0) is 14.4. The minimum absolute atomic E-state index is 0.178. The van der Waals surface area contributed by atoms with Gasteiger partial charge in [0.25, 0.3) is 0 Å². The zero-order valence-electron chi connectivity index (χ0n) is 13.2. The molecule has 20 heavy (non-hydrogen) atoms. The van der Waals surface area contributed by atoms with Gasteiger partial charge in [0.1, 0.15) is 5.76 Å². The number of rotatable bonds is 6. The summed E-state index contributed by atoms with van der Waals surface area (Å²) >= 11 is 0. The van der Waals surface area contributed by atoms with Crippen LogP contribution in [0.4, 0.5) is 0 Å². The molecule has 0 saturated heterocycles. The van der Waals surface area contributed by atoms with Crippen molar-refractivity contribution < 1.29 is 4.74 Å². The SMILES string of the molecule is C=CC[C@]12CCCCC[C@H]1C(OCC)=CC2=NCCC. The van der Waals surface area contributed by atoms with Crippen molar-refractivity contribution in [3.05, 3.63) is 24.5 Å². The Hall–Kier alpha value is -1.05. The molecule has 2 aliphatic carbocycles. The summed E-state index contributed by atoms with van der Waals surface area (Å²) in [4.78, 5) is 4.90. The molecule has 0 spiro atoms. The Kier molecular flexibility index (Phi) is 5.45. The molecule has 0 bridgehead atoms. The number of ether oxygens (including phenoxy) is 1. The second kappa shape index (κ2) is 7.10. The van der Waals surface area contributed by atoms with Crippen LogP contribution < -0.4 is 0 Å². The zero-order valence-corrected chi connectivity index (χ0v) is 13.2. The molecular formula is C18H29NO. The van der Waals surface area contributed by atoms with E-state index in [1.165, 1.54) is 43.6 Å². The summed E-state index contributed by atoms with van der Waals surface area (Å²) in [7, 11) is 0. The van der Waals surface area contributed by atoms with Crippen molar-refractivity contribution in [2.45, 2.75) is 58.8 Å². The molecule has 2 atom stereocenters. The van der Waals surface area contributed by atoms with Gasteiger partial charge < -0.3 is 4.74 Å². The first-order valence-electron chi connectivity index (χ1n) is 8.28.